The molecule has 0 bridgehead atoms. The van der Waals surface area contributed by atoms with Crippen molar-refractivity contribution in [3.8, 4) is 17.6 Å². The number of likely N-dealkylation sites (N-methyl/N-ethyl adjacent to an activating group) is 1. The Hall–Kier alpha value is -2.59. The van der Waals surface area contributed by atoms with E-state index in [0.717, 1.165) is 49.4 Å². The summed E-state index contributed by atoms with van der Waals surface area (Å²) in [6.45, 7) is 3.56. The van der Waals surface area contributed by atoms with E-state index in [1.807, 2.05) is 37.3 Å². The van der Waals surface area contributed by atoms with Gasteiger partial charge < -0.3 is 24.6 Å². The van der Waals surface area contributed by atoms with Crippen molar-refractivity contribution in [2.75, 3.05) is 34.4 Å². The molecule has 2 aromatic carbocycles. The van der Waals surface area contributed by atoms with E-state index in [1.54, 1.807) is 14.2 Å². The van der Waals surface area contributed by atoms with Gasteiger partial charge in [0.05, 0.1) is 38.9 Å². The van der Waals surface area contributed by atoms with Crippen molar-refractivity contribution in [1.82, 2.24) is 4.90 Å². The molecule has 174 valence electrons. The lowest BCUT2D eigenvalue weighted by Gasteiger charge is -2.28. The van der Waals surface area contributed by atoms with Crippen LogP contribution in [0.2, 0.25) is 0 Å². The fraction of sp³-hybridized carbons (Fsp3) is 0.500. The van der Waals surface area contributed by atoms with E-state index in [0.29, 0.717) is 17.5 Å². The Labute approximate surface area is 192 Å². The normalized spacial score (nSPS) is 12.9. The van der Waals surface area contributed by atoms with E-state index < -0.39 is 5.41 Å². The topological polar surface area (TPSA) is 86.0 Å². The molecule has 32 heavy (non-hydrogen) atoms. The van der Waals surface area contributed by atoms with E-state index in [1.165, 1.54) is 5.56 Å². The third-order valence-corrected chi connectivity index (χ3v) is 6.29. The van der Waals surface area contributed by atoms with Crippen LogP contribution in [0.3, 0.4) is 0 Å². The maximum absolute atomic E-state index is 10.0. The number of nitrogens with zero attached hydrogens (tertiary/aromatic N) is 2. The molecule has 0 radical (unpaired) electrons. The molecule has 0 heterocycles. The highest BCUT2D eigenvalue weighted by molar-refractivity contribution is 5.43. The van der Waals surface area contributed by atoms with Crippen LogP contribution in [0.5, 0.6) is 11.5 Å². The number of ether oxygens (including phenoxy) is 2. The summed E-state index contributed by atoms with van der Waals surface area (Å²) in [6.07, 6.45) is 3.22. The van der Waals surface area contributed by atoms with Gasteiger partial charge in [-0.3, -0.25) is 0 Å². The van der Waals surface area contributed by atoms with Crippen LogP contribution in [0.25, 0.3) is 0 Å². The number of hydrogen-bond acceptors (Lipinski definition) is 6. The monoisotopic (exact) mass is 440 g/mol. The van der Waals surface area contributed by atoms with Crippen molar-refractivity contribution in [1.29, 1.82) is 5.26 Å². The van der Waals surface area contributed by atoms with Crippen LogP contribution in [0.4, 0.5) is 0 Å². The second-order valence-corrected chi connectivity index (χ2v) is 8.19. The molecule has 0 spiro atoms. The second kappa shape index (κ2) is 12.4. The minimum atomic E-state index is -0.595. The molecule has 6 heteroatoms. The Bertz CT molecular complexity index is 909. The first-order chi connectivity index (χ1) is 15.5. The summed E-state index contributed by atoms with van der Waals surface area (Å²) in [5.41, 5.74) is 2.90. The molecule has 2 aromatic rings. The molecule has 1 atom stereocenters. The molecule has 0 aliphatic rings. The minimum Gasteiger partial charge on any atom is -0.493 e. The van der Waals surface area contributed by atoms with Gasteiger partial charge in [0.1, 0.15) is 0 Å². The van der Waals surface area contributed by atoms with Gasteiger partial charge in [-0.2, -0.15) is 5.26 Å². The van der Waals surface area contributed by atoms with Crippen LogP contribution in [-0.4, -0.2) is 49.5 Å². The average molecular weight is 441 g/mol. The van der Waals surface area contributed by atoms with Gasteiger partial charge in [-0.1, -0.05) is 31.2 Å². The van der Waals surface area contributed by atoms with E-state index in [-0.39, 0.29) is 13.2 Å². The Kier molecular flexibility index (Phi) is 9.98. The first kappa shape index (κ1) is 25.7. The standard InChI is InChI=1S/C26H36N2O4/c1-5-26(19-27,23-9-8-21(17-29)22(16-23)18-30)12-6-13-28(2)14-11-20-7-10-24(31-3)25(15-20)32-4/h7-10,15-16,29-30H,5-6,11-14,17-18H2,1-4H3. The molecular formula is C26H36N2O4. The lowest BCUT2D eigenvalue weighted by atomic mass is 9.75. The minimum absolute atomic E-state index is 0.118. The largest absolute Gasteiger partial charge is 0.493 e. The molecule has 0 amide bonds. The zero-order valence-corrected chi connectivity index (χ0v) is 19.7. The van der Waals surface area contributed by atoms with Crippen LogP contribution in [0.1, 0.15) is 48.4 Å². The van der Waals surface area contributed by atoms with Crippen molar-refractivity contribution in [3.63, 3.8) is 0 Å². The average Bonchev–Trinajstić information content (AvgIpc) is 2.84. The number of aliphatic hydroxyl groups excluding tert-OH is 2. The van der Waals surface area contributed by atoms with Crippen LogP contribution in [0, 0.1) is 11.3 Å². The van der Waals surface area contributed by atoms with Crippen molar-refractivity contribution < 1.29 is 19.7 Å². The molecule has 0 saturated carbocycles. The number of rotatable bonds is 13. The number of methoxy groups -OCH3 is 2. The quantitative estimate of drug-likeness (QED) is 0.493. The molecule has 2 rings (SSSR count). The highest BCUT2D eigenvalue weighted by atomic mass is 16.5. The first-order valence-electron chi connectivity index (χ1n) is 11.1. The van der Waals surface area contributed by atoms with Gasteiger partial charge in [0.2, 0.25) is 0 Å². The fourth-order valence-electron chi connectivity index (χ4n) is 4.07. The Morgan fingerprint density at radius 2 is 1.69 bits per heavy atom. The number of hydrogen-bond donors (Lipinski definition) is 2. The molecule has 0 saturated heterocycles. The summed E-state index contributed by atoms with van der Waals surface area (Å²) in [5.74, 6) is 1.47. The predicted octanol–water partition coefficient (Wildman–Crippen LogP) is 3.81. The summed E-state index contributed by atoms with van der Waals surface area (Å²) in [4.78, 5) is 2.28. The zero-order chi connectivity index (χ0) is 23.6. The van der Waals surface area contributed by atoms with Gasteiger partial charge in [-0.15, -0.1) is 0 Å². The molecule has 0 aliphatic carbocycles. The van der Waals surface area contributed by atoms with Gasteiger partial charge in [-0.25, -0.2) is 0 Å². The van der Waals surface area contributed by atoms with Crippen LogP contribution in [-0.2, 0) is 25.0 Å². The second-order valence-electron chi connectivity index (χ2n) is 8.19. The maximum Gasteiger partial charge on any atom is 0.160 e. The van der Waals surface area contributed by atoms with Crippen LogP contribution in [0.15, 0.2) is 36.4 Å². The van der Waals surface area contributed by atoms with E-state index in [2.05, 4.69) is 24.1 Å². The number of nitriles is 1. The first-order valence-corrected chi connectivity index (χ1v) is 11.1. The van der Waals surface area contributed by atoms with Crippen LogP contribution >= 0.6 is 0 Å². The lowest BCUT2D eigenvalue weighted by molar-refractivity contribution is 0.259. The van der Waals surface area contributed by atoms with E-state index in [9.17, 15) is 15.5 Å². The Morgan fingerprint density at radius 3 is 2.28 bits per heavy atom. The zero-order valence-electron chi connectivity index (χ0n) is 19.7. The molecule has 6 nitrogen and oxygen atoms in total. The summed E-state index contributed by atoms with van der Waals surface area (Å²) >= 11 is 0. The van der Waals surface area contributed by atoms with Crippen molar-refractivity contribution in [2.24, 2.45) is 0 Å². The van der Waals surface area contributed by atoms with E-state index >= 15 is 0 Å². The molecular weight excluding hydrogens is 404 g/mol. The highest BCUT2D eigenvalue weighted by Crippen LogP contribution is 2.34. The van der Waals surface area contributed by atoms with Crippen molar-refractivity contribution in [2.45, 2.75) is 51.2 Å². The van der Waals surface area contributed by atoms with Gasteiger partial charge in [0, 0.05) is 6.54 Å². The summed E-state index contributed by atoms with van der Waals surface area (Å²) < 4.78 is 10.7. The molecule has 0 aliphatic heterocycles. The third-order valence-electron chi connectivity index (χ3n) is 6.29. The molecule has 0 fully saturated rings. The molecule has 1 unspecified atom stereocenters. The lowest BCUT2D eigenvalue weighted by Crippen LogP contribution is -2.27. The SMILES string of the molecule is CCC(C#N)(CCCN(C)CCc1ccc(OC)c(OC)c1)c1ccc(CO)c(CO)c1. The van der Waals surface area contributed by atoms with Crippen molar-refractivity contribution >= 4 is 0 Å². The highest BCUT2D eigenvalue weighted by Gasteiger charge is 2.30. The number of aliphatic hydroxyl groups is 2. The van der Waals surface area contributed by atoms with Gasteiger partial charge in [-0.05, 0) is 73.7 Å². The summed E-state index contributed by atoms with van der Waals surface area (Å²) in [6, 6.07) is 14.1. The summed E-state index contributed by atoms with van der Waals surface area (Å²) in [5, 5.41) is 29.1. The molecule has 0 aromatic heterocycles. The fourth-order valence-corrected chi connectivity index (χ4v) is 4.07. The Morgan fingerprint density at radius 1 is 0.969 bits per heavy atom. The Balaban J connectivity index is 1.97. The summed E-state index contributed by atoms with van der Waals surface area (Å²) in [7, 11) is 5.37. The van der Waals surface area contributed by atoms with Gasteiger partial charge in [0.25, 0.3) is 0 Å². The van der Waals surface area contributed by atoms with Gasteiger partial charge in [0.15, 0.2) is 11.5 Å². The number of benzene rings is 2. The predicted molar refractivity (Wildman–Crippen MR) is 126 cm³/mol. The smallest absolute Gasteiger partial charge is 0.160 e. The molecule has 2 N–H and O–H groups in total. The van der Waals surface area contributed by atoms with E-state index in [4.69, 9.17) is 9.47 Å². The maximum atomic E-state index is 10.0. The van der Waals surface area contributed by atoms with Gasteiger partial charge >= 0.3 is 0 Å². The van der Waals surface area contributed by atoms with Crippen LogP contribution < -0.4 is 9.47 Å². The van der Waals surface area contributed by atoms with Crippen molar-refractivity contribution in [3.05, 3.63) is 58.7 Å². The third kappa shape index (κ3) is 6.23.